The molecule has 2 unspecified atom stereocenters. The fourth-order valence-corrected chi connectivity index (χ4v) is 4.63. The first-order valence-electron chi connectivity index (χ1n) is 6.95. The van der Waals surface area contributed by atoms with Crippen LogP contribution in [0.15, 0.2) is 30.5 Å². The SMILES string of the molecule is CC12C=CC(c3ncccc31)[C@@H]1CCCC[C@H]12. The number of aromatic nitrogens is 1. The molecule has 17 heavy (non-hydrogen) atoms. The van der Waals surface area contributed by atoms with Crippen molar-refractivity contribution < 1.29 is 0 Å². The van der Waals surface area contributed by atoms with E-state index in [1.807, 2.05) is 6.20 Å². The van der Waals surface area contributed by atoms with Crippen molar-refractivity contribution >= 4 is 0 Å². The molecule has 2 bridgehead atoms. The van der Waals surface area contributed by atoms with Crippen molar-refractivity contribution in [1.82, 2.24) is 4.98 Å². The molecule has 1 nitrogen and oxygen atoms in total. The summed E-state index contributed by atoms with van der Waals surface area (Å²) >= 11 is 0. The van der Waals surface area contributed by atoms with Crippen LogP contribution in [0.3, 0.4) is 0 Å². The van der Waals surface area contributed by atoms with Crippen LogP contribution in [0.1, 0.15) is 49.8 Å². The van der Waals surface area contributed by atoms with Gasteiger partial charge in [0, 0.05) is 17.5 Å². The molecule has 0 radical (unpaired) electrons. The van der Waals surface area contributed by atoms with Crippen molar-refractivity contribution in [2.75, 3.05) is 0 Å². The topological polar surface area (TPSA) is 12.9 Å². The highest BCUT2D eigenvalue weighted by molar-refractivity contribution is 5.46. The number of hydrogen-bond donors (Lipinski definition) is 0. The minimum absolute atomic E-state index is 0.267. The van der Waals surface area contributed by atoms with E-state index in [-0.39, 0.29) is 5.41 Å². The summed E-state index contributed by atoms with van der Waals surface area (Å²) < 4.78 is 0. The molecule has 4 atom stereocenters. The molecule has 1 heterocycles. The molecule has 1 aromatic heterocycles. The Balaban J connectivity index is 1.95. The lowest BCUT2D eigenvalue weighted by molar-refractivity contribution is 0.121. The van der Waals surface area contributed by atoms with E-state index in [1.54, 1.807) is 0 Å². The number of nitrogens with zero attached hydrogens (tertiary/aromatic N) is 1. The van der Waals surface area contributed by atoms with E-state index in [1.165, 1.54) is 36.9 Å². The van der Waals surface area contributed by atoms with Gasteiger partial charge in [-0.15, -0.1) is 0 Å². The average molecular weight is 225 g/mol. The van der Waals surface area contributed by atoms with Crippen LogP contribution in [-0.4, -0.2) is 4.98 Å². The number of hydrogen-bond acceptors (Lipinski definition) is 1. The molecule has 0 saturated heterocycles. The Hall–Kier alpha value is -1.11. The maximum atomic E-state index is 4.69. The first-order chi connectivity index (χ1) is 8.31. The summed E-state index contributed by atoms with van der Waals surface area (Å²) in [4.78, 5) is 4.69. The second-order valence-electron chi connectivity index (χ2n) is 6.16. The third-order valence-electron chi connectivity index (χ3n) is 5.44. The standard InChI is InChI=1S/C16H19N/c1-16-9-8-12(11-5-2-3-6-13(11)16)15-14(16)7-4-10-17-15/h4,7-13H,2-3,5-6H2,1H3/t11-,12?,13+,16?/m0/s1. The van der Waals surface area contributed by atoms with Crippen molar-refractivity contribution in [3.8, 4) is 0 Å². The van der Waals surface area contributed by atoms with Crippen LogP contribution in [0.5, 0.6) is 0 Å². The molecule has 1 fully saturated rings. The quantitative estimate of drug-likeness (QED) is 0.612. The van der Waals surface area contributed by atoms with Crippen molar-refractivity contribution in [3.05, 3.63) is 41.7 Å². The predicted octanol–water partition coefficient (Wildman–Crippen LogP) is 3.81. The summed E-state index contributed by atoms with van der Waals surface area (Å²) in [6.45, 7) is 2.43. The maximum absolute atomic E-state index is 4.69. The van der Waals surface area contributed by atoms with Gasteiger partial charge in [0.15, 0.2) is 0 Å². The predicted molar refractivity (Wildman–Crippen MR) is 68.9 cm³/mol. The average Bonchev–Trinajstić information content (AvgIpc) is 2.40. The fraction of sp³-hybridized carbons (Fsp3) is 0.562. The molecule has 0 spiro atoms. The molecular weight excluding hydrogens is 206 g/mol. The van der Waals surface area contributed by atoms with Crippen molar-refractivity contribution in [2.45, 2.75) is 43.9 Å². The third-order valence-corrected chi connectivity index (χ3v) is 5.44. The molecule has 0 aliphatic heterocycles. The van der Waals surface area contributed by atoms with E-state index in [2.05, 4.69) is 36.2 Å². The van der Waals surface area contributed by atoms with Crippen molar-refractivity contribution in [1.29, 1.82) is 0 Å². The van der Waals surface area contributed by atoms with Crippen molar-refractivity contribution in [3.63, 3.8) is 0 Å². The van der Waals surface area contributed by atoms with Gasteiger partial charge in [0.05, 0.1) is 5.69 Å². The summed E-state index contributed by atoms with van der Waals surface area (Å²) in [5, 5.41) is 0. The number of rotatable bonds is 0. The van der Waals surface area contributed by atoms with Gasteiger partial charge in [0.25, 0.3) is 0 Å². The van der Waals surface area contributed by atoms with E-state index in [0.29, 0.717) is 5.92 Å². The number of allylic oxidation sites excluding steroid dienone is 2. The van der Waals surface area contributed by atoms with Gasteiger partial charge in [-0.2, -0.15) is 0 Å². The Kier molecular flexibility index (Phi) is 1.87. The first-order valence-corrected chi connectivity index (χ1v) is 6.95. The molecule has 4 aliphatic rings. The first kappa shape index (κ1) is 9.87. The minimum Gasteiger partial charge on any atom is -0.260 e. The largest absolute Gasteiger partial charge is 0.260 e. The Morgan fingerprint density at radius 1 is 1.29 bits per heavy atom. The van der Waals surface area contributed by atoms with Gasteiger partial charge < -0.3 is 0 Å². The molecule has 0 amide bonds. The Morgan fingerprint density at radius 2 is 2.18 bits per heavy atom. The van der Waals surface area contributed by atoms with Crippen LogP contribution < -0.4 is 0 Å². The van der Waals surface area contributed by atoms with Gasteiger partial charge in [-0.25, -0.2) is 0 Å². The van der Waals surface area contributed by atoms with Crippen LogP contribution in [0.4, 0.5) is 0 Å². The third kappa shape index (κ3) is 1.13. The zero-order chi connectivity index (χ0) is 11.5. The van der Waals surface area contributed by atoms with Crippen LogP contribution in [0.2, 0.25) is 0 Å². The van der Waals surface area contributed by atoms with Crippen LogP contribution in [0.25, 0.3) is 0 Å². The van der Waals surface area contributed by atoms with Gasteiger partial charge in [0.1, 0.15) is 0 Å². The molecule has 0 N–H and O–H groups in total. The van der Waals surface area contributed by atoms with E-state index in [9.17, 15) is 0 Å². The molecule has 0 aromatic carbocycles. The minimum atomic E-state index is 0.267. The highest BCUT2D eigenvalue weighted by Crippen LogP contribution is 2.58. The summed E-state index contributed by atoms with van der Waals surface area (Å²) in [6.07, 6.45) is 12.6. The summed E-state index contributed by atoms with van der Waals surface area (Å²) in [5.41, 5.74) is 3.15. The Morgan fingerprint density at radius 3 is 3.12 bits per heavy atom. The van der Waals surface area contributed by atoms with Gasteiger partial charge in [-0.05, 0) is 36.3 Å². The molecule has 5 rings (SSSR count). The molecular formula is C16H19N. The van der Waals surface area contributed by atoms with E-state index in [0.717, 1.165) is 11.8 Å². The van der Waals surface area contributed by atoms with Crippen LogP contribution in [0, 0.1) is 11.8 Å². The van der Waals surface area contributed by atoms with Gasteiger partial charge >= 0.3 is 0 Å². The second-order valence-corrected chi connectivity index (χ2v) is 6.16. The molecule has 1 heteroatoms. The fourth-order valence-electron chi connectivity index (χ4n) is 4.63. The lowest BCUT2D eigenvalue weighted by Crippen LogP contribution is -2.47. The second kappa shape index (κ2) is 3.22. The van der Waals surface area contributed by atoms with E-state index < -0.39 is 0 Å². The highest BCUT2D eigenvalue weighted by atomic mass is 14.7. The molecule has 1 aromatic rings. The summed E-state index contributed by atoms with van der Waals surface area (Å²) in [6, 6.07) is 4.42. The van der Waals surface area contributed by atoms with E-state index >= 15 is 0 Å². The zero-order valence-corrected chi connectivity index (χ0v) is 10.4. The maximum Gasteiger partial charge on any atom is 0.0515 e. The number of pyridine rings is 1. The molecule has 1 saturated carbocycles. The smallest absolute Gasteiger partial charge is 0.0515 e. The zero-order valence-electron chi connectivity index (χ0n) is 10.4. The Bertz CT molecular complexity index is 490. The summed E-state index contributed by atoms with van der Waals surface area (Å²) in [5.74, 6) is 2.34. The lowest BCUT2D eigenvalue weighted by Gasteiger charge is -2.54. The van der Waals surface area contributed by atoms with E-state index in [4.69, 9.17) is 0 Å². The normalized spacial score (nSPS) is 42.1. The lowest BCUT2D eigenvalue weighted by atomic mass is 9.50. The van der Waals surface area contributed by atoms with Gasteiger partial charge in [0.2, 0.25) is 0 Å². The van der Waals surface area contributed by atoms with Crippen LogP contribution in [-0.2, 0) is 5.41 Å². The molecule has 88 valence electrons. The summed E-state index contributed by atoms with van der Waals surface area (Å²) in [7, 11) is 0. The van der Waals surface area contributed by atoms with Gasteiger partial charge in [-0.1, -0.05) is 38.0 Å². The van der Waals surface area contributed by atoms with Gasteiger partial charge in [-0.3, -0.25) is 4.98 Å². The Labute approximate surface area is 103 Å². The van der Waals surface area contributed by atoms with Crippen molar-refractivity contribution in [2.24, 2.45) is 11.8 Å². The monoisotopic (exact) mass is 225 g/mol. The molecule has 4 aliphatic carbocycles. The van der Waals surface area contributed by atoms with Crippen LogP contribution >= 0.6 is 0 Å². The highest BCUT2D eigenvalue weighted by Gasteiger charge is 2.51.